The first-order chi connectivity index (χ1) is 14.7. The van der Waals surface area contributed by atoms with Crippen LogP contribution in [0.3, 0.4) is 0 Å². The Kier molecular flexibility index (Phi) is 11.1. The van der Waals surface area contributed by atoms with E-state index in [1.807, 2.05) is 0 Å². The third-order valence-corrected chi connectivity index (χ3v) is 5.54. The van der Waals surface area contributed by atoms with E-state index in [1.165, 1.54) is 24.8 Å². The highest BCUT2D eigenvalue weighted by Gasteiger charge is 2.14. The van der Waals surface area contributed by atoms with Gasteiger partial charge < -0.3 is 19.9 Å². The SMILES string of the molecule is CCNC(=NCCCc1nnc2n1CCCCC2)NCCc1ccc(C)c(OC)c1.I. The number of guanidine groups is 1. The van der Waals surface area contributed by atoms with Gasteiger partial charge in [0.15, 0.2) is 5.96 Å². The molecule has 1 aliphatic heterocycles. The number of ether oxygens (including phenoxy) is 1. The first-order valence-corrected chi connectivity index (χ1v) is 11.3. The molecule has 31 heavy (non-hydrogen) atoms. The predicted molar refractivity (Wildman–Crippen MR) is 137 cm³/mol. The number of halogens is 1. The van der Waals surface area contributed by atoms with Crippen LogP contribution in [0.25, 0.3) is 0 Å². The van der Waals surface area contributed by atoms with Gasteiger partial charge in [0, 0.05) is 39.0 Å². The van der Waals surface area contributed by atoms with Crippen LogP contribution in [0.1, 0.15) is 55.4 Å². The first kappa shape index (κ1) is 25.4. The quantitative estimate of drug-likeness (QED) is 0.220. The molecule has 0 amide bonds. The number of aromatic nitrogens is 3. The van der Waals surface area contributed by atoms with Crippen LogP contribution in [0.15, 0.2) is 23.2 Å². The van der Waals surface area contributed by atoms with Crippen LogP contribution in [0, 0.1) is 6.92 Å². The summed E-state index contributed by atoms with van der Waals surface area (Å²) in [6, 6.07) is 6.38. The van der Waals surface area contributed by atoms with Crippen LogP contribution in [-0.2, 0) is 25.8 Å². The minimum Gasteiger partial charge on any atom is -0.496 e. The average Bonchev–Trinajstić information content (AvgIpc) is 2.98. The lowest BCUT2D eigenvalue weighted by atomic mass is 10.1. The zero-order chi connectivity index (χ0) is 21.2. The monoisotopic (exact) mass is 540 g/mol. The van der Waals surface area contributed by atoms with Crippen molar-refractivity contribution in [3.8, 4) is 5.75 Å². The molecule has 0 unspecified atom stereocenters. The highest BCUT2D eigenvalue weighted by molar-refractivity contribution is 14.0. The second-order valence-electron chi connectivity index (χ2n) is 7.84. The first-order valence-electron chi connectivity index (χ1n) is 11.3. The Bertz CT molecular complexity index is 835. The highest BCUT2D eigenvalue weighted by Crippen LogP contribution is 2.19. The van der Waals surface area contributed by atoms with Crippen molar-refractivity contribution >= 4 is 29.9 Å². The van der Waals surface area contributed by atoms with E-state index in [0.29, 0.717) is 0 Å². The molecule has 3 rings (SSSR count). The van der Waals surface area contributed by atoms with Crippen LogP contribution in [0.4, 0.5) is 0 Å². The van der Waals surface area contributed by atoms with E-state index >= 15 is 0 Å². The summed E-state index contributed by atoms with van der Waals surface area (Å²) in [6.07, 6.45) is 7.65. The van der Waals surface area contributed by atoms with Gasteiger partial charge in [0.25, 0.3) is 0 Å². The molecule has 1 aromatic heterocycles. The van der Waals surface area contributed by atoms with Gasteiger partial charge in [0.05, 0.1) is 7.11 Å². The molecule has 0 saturated heterocycles. The summed E-state index contributed by atoms with van der Waals surface area (Å²) >= 11 is 0. The van der Waals surface area contributed by atoms with Crippen molar-refractivity contribution in [1.29, 1.82) is 0 Å². The van der Waals surface area contributed by atoms with Gasteiger partial charge in [-0.3, -0.25) is 4.99 Å². The van der Waals surface area contributed by atoms with Gasteiger partial charge in [-0.25, -0.2) is 0 Å². The Morgan fingerprint density at radius 3 is 2.84 bits per heavy atom. The van der Waals surface area contributed by atoms with E-state index in [0.717, 1.165) is 80.8 Å². The minimum absolute atomic E-state index is 0. The summed E-state index contributed by atoms with van der Waals surface area (Å²) in [5.74, 6) is 4.10. The van der Waals surface area contributed by atoms with E-state index < -0.39 is 0 Å². The molecule has 0 radical (unpaired) electrons. The van der Waals surface area contributed by atoms with Crippen LogP contribution < -0.4 is 15.4 Å². The van der Waals surface area contributed by atoms with Crippen molar-refractivity contribution in [2.75, 3.05) is 26.7 Å². The normalized spacial score (nSPS) is 13.7. The van der Waals surface area contributed by atoms with Crippen LogP contribution in [-0.4, -0.2) is 47.5 Å². The Balaban J connectivity index is 0.00000341. The van der Waals surface area contributed by atoms with Crippen LogP contribution in [0.5, 0.6) is 5.75 Å². The molecule has 2 aromatic rings. The van der Waals surface area contributed by atoms with Gasteiger partial charge in [-0.05, 0) is 56.7 Å². The number of hydrogen-bond acceptors (Lipinski definition) is 4. The van der Waals surface area contributed by atoms with E-state index in [4.69, 9.17) is 9.73 Å². The minimum atomic E-state index is 0. The van der Waals surface area contributed by atoms with Gasteiger partial charge in [0.2, 0.25) is 0 Å². The van der Waals surface area contributed by atoms with E-state index in [9.17, 15) is 0 Å². The molecular weight excluding hydrogens is 503 g/mol. The second kappa shape index (κ2) is 13.5. The predicted octanol–water partition coefficient (Wildman–Crippen LogP) is 3.67. The van der Waals surface area contributed by atoms with Crippen LogP contribution >= 0.6 is 24.0 Å². The average molecular weight is 540 g/mol. The highest BCUT2D eigenvalue weighted by atomic mass is 127. The number of aryl methyl sites for hydroxylation is 3. The largest absolute Gasteiger partial charge is 0.496 e. The number of nitrogens with one attached hydrogen (secondary N) is 2. The number of benzene rings is 1. The molecular formula is C23H37IN6O. The Labute approximate surface area is 203 Å². The molecule has 0 fully saturated rings. The van der Waals surface area contributed by atoms with Gasteiger partial charge >= 0.3 is 0 Å². The van der Waals surface area contributed by atoms with Gasteiger partial charge in [-0.1, -0.05) is 18.6 Å². The lowest BCUT2D eigenvalue weighted by Gasteiger charge is -2.12. The van der Waals surface area contributed by atoms with Gasteiger partial charge in [-0.15, -0.1) is 34.2 Å². The standard InChI is InChI=1S/C23H36N6O.HI/c1-4-24-23(26-15-13-19-12-11-18(2)20(17-19)30-3)25-14-8-10-22-28-27-21-9-6-5-7-16-29(21)22;/h11-12,17H,4-10,13-16H2,1-3H3,(H2,24,25,26);1H. The van der Waals surface area contributed by atoms with E-state index in [1.54, 1.807) is 7.11 Å². The van der Waals surface area contributed by atoms with Gasteiger partial charge in [0.1, 0.15) is 17.4 Å². The molecule has 0 atom stereocenters. The fraction of sp³-hybridized carbons (Fsp3) is 0.609. The maximum Gasteiger partial charge on any atom is 0.191 e. The lowest BCUT2D eigenvalue weighted by Crippen LogP contribution is -2.38. The number of rotatable bonds is 9. The zero-order valence-corrected chi connectivity index (χ0v) is 21.4. The summed E-state index contributed by atoms with van der Waals surface area (Å²) in [4.78, 5) is 4.73. The number of aliphatic imine (C=N–C) groups is 1. The summed E-state index contributed by atoms with van der Waals surface area (Å²) in [5.41, 5.74) is 2.42. The van der Waals surface area contributed by atoms with Crippen molar-refractivity contribution < 1.29 is 4.74 Å². The third kappa shape index (κ3) is 7.66. The second-order valence-corrected chi connectivity index (χ2v) is 7.84. The molecule has 1 aromatic carbocycles. The van der Waals surface area contributed by atoms with Crippen molar-refractivity contribution in [3.05, 3.63) is 41.0 Å². The fourth-order valence-corrected chi connectivity index (χ4v) is 3.85. The maximum absolute atomic E-state index is 5.42. The summed E-state index contributed by atoms with van der Waals surface area (Å²) in [5, 5.41) is 15.6. The van der Waals surface area contributed by atoms with Crippen molar-refractivity contribution in [1.82, 2.24) is 25.4 Å². The molecule has 0 bridgehead atoms. The topological polar surface area (TPSA) is 76.4 Å². The molecule has 0 saturated carbocycles. The van der Waals surface area contributed by atoms with E-state index in [-0.39, 0.29) is 24.0 Å². The third-order valence-electron chi connectivity index (χ3n) is 5.54. The molecule has 2 heterocycles. The lowest BCUT2D eigenvalue weighted by molar-refractivity contribution is 0.411. The fourth-order valence-electron chi connectivity index (χ4n) is 3.85. The Morgan fingerprint density at radius 1 is 1.16 bits per heavy atom. The van der Waals surface area contributed by atoms with E-state index in [2.05, 4.69) is 57.4 Å². The number of nitrogens with zero attached hydrogens (tertiary/aromatic N) is 4. The molecule has 2 N–H and O–H groups in total. The number of fused-ring (bicyclic) bond motifs is 1. The summed E-state index contributed by atoms with van der Waals surface area (Å²) in [6.45, 7) is 7.67. The molecule has 8 heteroatoms. The summed E-state index contributed by atoms with van der Waals surface area (Å²) in [7, 11) is 1.72. The molecule has 7 nitrogen and oxygen atoms in total. The Morgan fingerprint density at radius 2 is 2.03 bits per heavy atom. The smallest absolute Gasteiger partial charge is 0.191 e. The number of hydrogen-bond donors (Lipinski definition) is 2. The summed E-state index contributed by atoms with van der Waals surface area (Å²) < 4.78 is 7.75. The molecule has 1 aliphatic rings. The molecule has 0 aliphatic carbocycles. The molecule has 172 valence electrons. The van der Waals surface area contributed by atoms with Gasteiger partial charge in [-0.2, -0.15) is 0 Å². The van der Waals surface area contributed by atoms with Crippen LogP contribution in [0.2, 0.25) is 0 Å². The zero-order valence-electron chi connectivity index (χ0n) is 19.1. The molecule has 0 spiro atoms. The maximum atomic E-state index is 5.42. The van der Waals surface area contributed by atoms with Crippen molar-refractivity contribution in [3.63, 3.8) is 0 Å². The van der Waals surface area contributed by atoms with Crippen molar-refractivity contribution in [2.24, 2.45) is 4.99 Å². The Hall–Kier alpha value is -1.84. The number of methoxy groups -OCH3 is 1. The van der Waals surface area contributed by atoms with Crippen molar-refractivity contribution in [2.45, 2.75) is 65.3 Å².